The molecule has 2 unspecified atom stereocenters. The third-order valence-corrected chi connectivity index (χ3v) is 3.40. The molecule has 0 radical (unpaired) electrons. The van der Waals surface area contributed by atoms with Crippen LogP contribution in [-0.2, 0) is 9.59 Å². The average Bonchev–Trinajstić information content (AvgIpc) is 3.02. The zero-order valence-electron chi connectivity index (χ0n) is 9.66. The lowest BCUT2D eigenvalue weighted by atomic mass is 9.93. The summed E-state index contributed by atoms with van der Waals surface area (Å²) in [6, 6.07) is 0. The number of hydrogen-bond donors (Lipinski definition) is 1. The quantitative estimate of drug-likeness (QED) is 0.622. The van der Waals surface area contributed by atoms with E-state index in [4.69, 9.17) is 0 Å². The second-order valence-corrected chi connectivity index (χ2v) is 4.43. The van der Waals surface area contributed by atoms with Gasteiger partial charge in [0.1, 0.15) is 0 Å². The Labute approximate surface area is 91.6 Å². The van der Waals surface area contributed by atoms with Gasteiger partial charge in [0.05, 0.1) is 6.54 Å². The van der Waals surface area contributed by atoms with Gasteiger partial charge in [-0.3, -0.25) is 9.59 Å². The first-order valence-corrected chi connectivity index (χ1v) is 5.94. The molecule has 3 nitrogen and oxygen atoms in total. The van der Waals surface area contributed by atoms with E-state index >= 15 is 0 Å². The molecule has 1 aliphatic carbocycles. The van der Waals surface area contributed by atoms with Gasteiger partial charge in [0.15, 0.2) is 5.78 Å². The zero-order valence-corrected chi connectivity index (χ0v) is 9.66. The van der Waals surface area contributed by atoms with Crippen molar-refractivity contribution in [3.63, 3.8) is 0 Å². The largest absolute Gasteiger partial charge is 0.352 e. The fourth-order valence-corrected chi connectivity index (χ4v) is 2.47. The third-order valence-electron chi connectivity index (χ3n) is 3.40. The lowest BCUT2D eigenvalue weighted by Gasteiger charge is -2.12. The summed E-state index contributed by atoms with van der Waals surface area (Å²) in [7, 11) is 0. The van der Waals surface area contributed by atoms with Gasteiger partial charge in [-0.1, -0.05) is 33.1 Å². The molecule has 3 atom stereocenters. The van der Waals surface area contributed by atoms with E-state index in [0.717, 1.165) is 6.42 Å². The molecule has 1 saturated carbocycles. The molecule has 0 aromatic heterocycles. The van der Waals surface area contributed by atoms with Crippen LogP contribution in [-0.4, -0.2) is 18.7 Å². The number of hydrogen-bond acceptors (Lipinski definition) is 2. The van der Waals surface area contributed by atoms with E-state index in [1.54, 1.807) is 0 Å². The van der Waals surface area contributed by atoms with E-state index in [2.05, 4.69) is 19.2 Å². The molecule has 1 rings (SSSR count). The SMILES string of the molecule is CCC[C@H](CC)C1CC1C(=O)CNC=O. The maximum atomic E-state index is 11.6. The van der Waals surface area contributed by atoms with Gasteiger partial charge in [0.2, 0.25) is 6.41 Å². The smallest absolute Gasteiger partial charge is 0.207 e. The minimum Gasteiger partial charge on any atom is -0.352 e. The number of amides is 1. The molecule has 0 spiro atoms. The van der Waals surface area contributed by atoms with E-state index in [-0.39, 0.29) is 18.2 Å². The maximum Gasteiger partial charge on any atom is 0.207 e. The Bertz CT molecular complexity index is 228. The molecular formula is C12H21NO2. The van der Waals surface area contributed by atoms with Crippen LogP contribution in [0.25, 0.3) is 0 Å². The second-order valence-electron chi connectivity index (χ2n) is 4.43. The first-order chi connectivity index (χ1) is 7.24. The number of rotatable bonds is 8. The van der Waals surface area contributed by atoms with Crippen molar-refractivity contribution in [1.82, 2.24) is 5.32 Å². The number of Topliss-reactive ketones (excluding diaryl/α,β-unsaturated/α-hetero) is 1. The Hall–Kier alpha value is -0.860. The molecule has 0 heterocycles. The van der Waals surface area contributed by atoms with Crippen molar-refractivity contribution in [3.05, 3.63) is 0 Å². The Morgan fingerprint density at radius 3 is 2.80 bits per heavy atom. The molecule has 1 amide bonds. The van der Waals surface area contributed by atoms with Crippen molar-refractivity contribution in [2.75, 3.05) is 6.54 Å². The lowest BCUT2D eigenvalue weighted by Crippen LogP contribution is -2.23. The van der Waals surface area contributed by atoms with E-state index in [1.807, 2.05) is 0 Å². The highest BCUT2D eigenvalue weighted by molar-refractivity contribution is 5.86. The van der Waals surface area contributed by atoms with Crippen LogP contribution in [0.1, 0.15) is 39.5 Å². The van der Waals surface area contributed by atoms with Crippen molar-refractivity contribution in [2.24, 2.45) is 17.8 Å². The van der Waals surface area contributed by atoms with E-state index < -0.39 is 0 Å². The lowest BCUT2D eigenvalue weighted by molar-refractivity contribution is -0.121. The summed E-state index contributed by atoms with van der Waals surface area (Å²) in [4.78, 5) is 21.6. The van der Waals surface area contributed by atoms with E-state index in [0.29, 0.717) is 18.2 Å². The fraction of sp³-hybridized carbons (Fsp3) is 0.833. The number of nitrogens with one attached hydrogen (secondary N) is 1. The van der Waals surface area contributed by atoms with Crippen LogP contribution in [0.2, 0.25) is 0 Å². The van der Waals surface area contributed by atoms with Gasteiger partial charge in [-0.2, -0.15) is 0 Å². The predicted octanol–water partition coefficient (Wildman–Crippen LogP) is 1.76. The fourth-order valence-electron chi connectivity index (χ4n) is 2.47. The molecule has 0 aliphatic heterocycles. The van der Waals surface area contributed by atoms with E-state index in [9.17, 15) is 9.59 Å². The summed E-state index contributed by atoms with van der Waals surface area (Å²) < 4.78 is 0. The third kappa shape index (κ3) is 3.33. The number of carbonyl (C=O) groups excluding carboxylic acids is 2. The van der Waals surface area contributed by atoms with Crippen LogP contribution in [0.3, 0.4) is 0 Å². The summed E-state index contributed by atoms with van der Waals surface area (Å²) in [5.41, 5.74) is 0. The molecule has 86 valence electrons. The normalized spacial score (nSPS) is 25.7. The molecule has 0 aromatic carbocycles. The van der Waals surface area contributed by atoms with Gasteiger partial charge in [-0.25, -0.2) is 0 Å². The van der Waals surface area contributed by atoms with Crippen molar-refractivity contribution in [2.45, 2.75) is 39.5 Å². The Kier molecular flexibility index (Phi) is 4.79. The van der Waals surface area contributed by atoms with Crippen LogP contribution in [0.15, 0.2) is 0 Å². The molecule has 15 heavy (non-hydrogen) atoms. The number of ketones is 1. The molecular weight excluding hydrogens is 190 g/mol. The van der Waals surface area contributed by atoms with Crippen molar-refractivity contribution in [3.8, 4) is 0 Å². The van der Waals surface area contributed by atoms with E-state index in [1.165, 1.54) is 19.3 Å². The second kappa shape index (κ2) is 5.89. The maximum absolute atomic E-state index is 11.6. The van der Waals surface area contributed by atoms with Crippen LogP contribution in [0.4, 0.5) is 0 Å². The van der Waals surface area contributed by atoms with Crippen LogP contribution in [0.5, 0.6) is 0 Å². The topological polar surface area (TPSA) is 46.2 Å². The average molecular weight is 211 g/mol. The standard InChI is InChI=1S/C12H21NO2/c1-3-5-9(4-2)10-6-11(10)12(15)7-13-8-14/h8-11H,3-7H2,1-2H3,(H,13,14)/t9-,10?,11?/m0/s1. The Morgan fingerprint density at radius 1 is 1.53 bits per heavy atom. The summed E-state index contributed by atoms with van der Waals surface area (Å²) in [5, 5.41) is 2.45. The van der Waals surface area contributed by atoms with Crippen LogP contribution < -0.4 is 5.32 Å². The summed E-state index contributed by atoms with van der Waals surface area (Å²) in [6.45, 7) is 4.60. The summed E-state index contributed by atoms with van der Waals surface area (Å²) >= 11 is 0. The Balaban J connectivity index is 2.31. The van der Waals surface area contributed by atoms with Gasteiger partial charge in [0.25, 0.3) is 0 Å². The van der Waals surface area contributed by atoms with Crippen LogP contribution >= 0.6 is 0 Å². The molecule has 1 aliphatic rings. The van der Waals surface area contributed by atoms with Gasteiger partial charge in [0, 0.05) is 5.92 Å². The highest BCUT2D eigenvalue weighted by Crippen LogP contribution is 2.47. The molecule has 0 aromatic rings. The first-order valence-electron chi connectivity index (χ1n) is 5.94. The predicted molar refractivity (Wildman–Crippen MR) is 59.4 cm³/mol. The minimum absolute atomic E-state index is 0.210. The van der Waals surface area contributed by atoms with Crippen molar-refractivity contribution < 1.29 is 9.59 Å². The first kappa shape index (κ1) is 12.2. The summed E-state index contributed by atoms with van der Waals surface area (Å²) in [6.07, 6.45) is 5.23. The van der Waals surface area contributed by atoms with Crippen molar-refractivity contribution in [1.29, 1.82) is 0 Å². The number of carbonyl (C=O) groups is 2. The highest BCUT2D eigenvalue weighted by Gasteiger charge is 2.45. The molecule has 0 saturated heterocycles. The van der Waals surface area contributed by atoms with Gasteiger partial charge >= 0.3 is 0 Å². The van der Waals surface area contributed by atoms with Crippen molar-refractivity contribution >= 4 is 12.2 Å². The molecule has 3 heteroatoms. The Morgan fingerprint density at radius 2 is 2.27 bits per heavy atom. The van der Waals surface area contributed by atoms with Gasteiger partial charge in [-0.05, 0) is 18.3 Å². The highest BCUT2D eigenvalue weighted by atomic mass is 16.1. The zero-order chi connectivity index (χ0) is 11.3. The monoisotopic (exact) mass is 211 g/mol. The van der Waals surface area contributed by atoms with Gasteiger partial charge in [-0.15, -0.1) is 0 Å². The van der Waals surface area contributed by atoms with Gasteiger partial charge < -0.3 is 5.32 Å². The van der Waals surface area contributed by atoms with Crippen LogP contribution in [0, 0.1) is 17.8 Å². The molecule has 1 N–H and O–H groups in total. The summed E-state index contributed by atoms with van der Waals surface area (Å²) in [5.74, 6) is 1.74. The molecule has 1 fully saturated rings. The molecule has 0 bridgehead atoms. The minimum atomic E-state index is 0.210.